The van der Waals surface area contributed by atoms with Gasteiger partial charge in [0.1, 0.15) is 6.07 Å². The lowest BCUT2D eigenvalue weighted by atomic mass is 10.2. The zero-order chi connectivity index (χ0) is 8.27. The number of nitriles is 1. The Balaban J connectivity index is 2.94. The molecular formula is C8H8N2S. The van der Waals surface area contributed by atoms with Crippen LogP contribution in [0.2, 0.25) is 0 Å². The standard InChI is InChI=1S/C8H8N2S/c1-6(11)8-3-2-7(4-9)5-10-8/h2-3,5-6,11H,1H3. The first-order chi connectivity index (χ1) is 5.24. The summed E-state index contributed by atoms with van der Waals surface area (Å²) >= 11 is 4.21. The van der Waals surface area contributed by atoms with Crippen molar-refractivity contribution in [3.05, 3.63) is 29.6 Å². The van der Waals surface area contributed by atoms with Crippen molar-refractivity contribution in [3.63, 3.8) is 0 Å². The van der Waals surface area contributed by atoms with Crippen LogP contribution in [-0.4, -0.2) is 4.98 Å². The molecule has 1 unspecified atom stereocenters. The van der Waals surface area contributed by atoms with Crippen LogP contribution in [-0.2, 0) is 0 Å². The molecule has 0 aliphatic rings. The fraction of sp³-hybridized carbons (Fsp3) is 0.250. The van der Waals surface area contributed by atoms with Gasteiger partial charge < -0.3 is 0 Å². The fourth-order valence-electron chi connectivity index (χ4n) is 0.719. The van der Waals surface area contributed by atoms with E-state index in [1.165, 1.54) is 0 Å². The molecule has 0 aromatic carbocycles. The van der Waals surface area contributed by atoms with E-state index in [-0.39, 0.29) is 5.25 Å². The maximum Gasteiger partial charge on any atom is 0.101 e. The highest BCUT2D eigenvalue weighted by atomic mass is 32.1. The van der Waals surface area contributed by atoms with E-state index in [1.54, 1.807) is 12.3 Å². The summed E-state index contributed by atoms with van der Waals surface area (Å²) < 4.78 is 0. The monoisotopic (exact) mass is 164 g/mol. The molecule has 0 bridgehead atoms. The van der Waals surface area contributed by atoms with Crippen molar-refractivity contribution in [2.24, 2.45) is 0 Å². The quantitative estimate of drug-likeness (QED) is 0.644. The molecule has 1 aromatic heterocycles. The van der Waals surface area contributed by atoms with Gasteiger partial charge in [0.25, 0.3) is 0 Å². The molecule has 0 saturated carbocycles. The van der Waals surface area contributed by atoms with Crippen LogP contribution in [0.4, 0.5) is 0 Å². The average Bonchev–Trinajstić information content (AvgIpc) is 2.05. The number of pyridine rings is 1. The Kier molecular flexibility index (Phi) is 2.50. The number of hydrogen-bond acceptors (Lipinski definition) is 3. The van der Waals surface area contributed by atoms with E-state index in [2.05, 4.69) is 17.6 Å². The molecule has 1 aromatic rings. The SMILES string of the molecule is CC(S)c1ccc(C#N)cn1. The Morgan fingerprint density at radius 2 is 2.36 bits per heavy atom. The maximum atomic E-state index is 8.46. The Bertz CT molecular complexity index is 271. The average molecular weight is 164 g/mol. The van der Waals surface area contributed by atoms with Gasteiger partial charge in [-0.25, -0.2) is 0 Å². The third-order valence-corrected chi connectivity index (χ3v) is 1.61. The first-order valence-electron chi connectivity index (χ1n) is 3.28. The first-order valence-corrected chi connectivity index (χ1v) is 3.80. The van der Waals surface area contributed by atoms with Crippen molar-refractivity contribution in [1.29, 1.82) is 5.26 Å². The van der Waals surface area contributed by atoms with Gasteiger partial charge >= 0.3 is 0 Å². The summed E-state index contributed by atoms with van der Waals surface area (Å²) in [7, 11) is 0. The molecule has 3 heteroatoms. The van der Waals surface area contributed by atoms with E-state index >= 15 is 0 Å². The third-order valence-electron chi connectivity index (χ3n) is 1.34. The van der Waals surface area contributed by atoms with Crippen molar-refractivity contribution in [1.82, 2.24) is 4.98 Å². The third kappa shape index (κ3) is 1.95. The summed E-state index contributed by atoms with van der Waals surface area (Å²) in [6, 6.07) is 5.57. The van der Waals surface area contributed by atoms with Crippen LogP contribution in [0, 0.1) is 11.3 Å². The largest absolute Gasteiger partial charge is 0.259 e. The molecule has 0 fully saturated rings. The van der Waals surface area contributed by atoms with Crippen LogP contribution in [0.1, 0.15) is 23.4 Å². The molecular weight excluding hydrogens is 156 g/mol. The van der Waals surface area contributed by atoms with Crippen LogP contribution in [0.5, 0.6) is 0 Å². The van der Waals surface area contributed by atoms with Crippen LogP contribution >= 0.6 is 12.6 Å². The summed E-state index contributed by atoms with van der Waals surface area (Å²) in [5, 5.41) is 8.59. The molecule has 56 valence electrons. The fourth-order valence-corrected chi connectivity index (χ4v) is 0.871. The van der Waals surface area contributed by atoms with Gasteiger partial charge in [0, 0.05) is 11.4 Å². The second kappa shape index (κ2) is 3.40. The van der Waals surface area contributed by atoms with Crippen LogP contribution in [0.25, 0.3) is 0 Å². The molecule has 1 heterocycles. The summed E-state index contributed by atoms with van der Waals surface area (Å²) in [6.45, 7) is 1.94. The molecule has 1 rings (SSSR count). The number of nitrogens with zero attached hydrogens (tertiary/aromatic N) is 2. The molecule has 0 aliphatic carbocycles. The predicted octanol–water partition coefficient (Wildman–Crippen LogP) is 1.94. The molecule has 0 aliphatic heterocycles. The minimum Gasteiger partial charge on any atom is -0.259 e. The van der Waals surface area contributed by atoms with Gasteiger partial charge in [-0.3, -0.25) is 4.98 Å². The van der Waals surface area contributed by atoms with Gasteiger partial charge in [-0.15, -0.1) is 0 Å². The van der Waals surface area contributed by atoms with E-state index in [9.17, 15) is 0 Å². The maximum absolute atomic E-state index is 8.46. The summed E-state index contributed by atoms with van der Waals surface area (Å²) in [5.74, 6) is 0. The second-order valence-corrected chi connectivity index (χ2v) is 3.03. The number of rotatable bonds is 1. The normalized spacial score (nSPS) is 12.1. The topological polar surface area (TPSA) is 36.7 Å². The van der Waals surface area contributed by atoms with Gasteiger partial charge in [-0.05, 0) is 19.1 Å². The van der Waals surface area contributed by atoms with Crippen LogP contribution in [0.15, 0.2) is 18.3 Å². The molecule has 0 saturated heterocycles. The smallest absolute Gasteiger partial charge is 0.101 e. The zero-order valence-corrected chi connectivity index (χ0v) is 7.05. The zero-order valence-electron chi connectivity index (χ0n) is 6.15. The molecule has 2 nitrogen and oxygen atoms in total. The highest BCUT2D eigenvalue weighted by Gasteiger charge is 1.99. The number of aromatic nitrogens is 1. The van der Waals surface area contributed by atoms with Crippen molar-refractivity contribution in [2.45, 2.75) is 12.2 Å². The molecule has 0 spiro atoms. The molecule has 0 radical (unpaired) electrons. The summed E-state index contributed by atoms with van der Waals surface area (Å²) in [5.41, 5.74) is 1.48. The van der Waals surface area contributed by atoms with E-state index in [0.29, 0.717) is 5.56 Å². The summed E-state index contributed by atoms with van der Waals surface area (Å²) in [6.07, 6.45) is 1.56. The van der Waals surface area contributed by atoms with Crippen molar-refractivity contribution >= 4 is 12.6 Å². The summed E-state index contributed by atoms with van der Waals surface area (Å²) in [4.78, 5) is 4.05. The molecule has 11 heavy (non-hydrogen) atoms. The van der Waals surface area contributed by atoms with Crippen molar-refractivity contribution in [3.8, 4) is 6.07 Å². The minimum atomic E-state index is 0.128. The van der Waals surface area contributed by atoms with Crippen molar-refractivity contribution in [2.75, 3.05) is 0 Å². The van der Waals surface area contributed by atoms with E-state index < -0.39 is 0 Å². The lowest BCUT2D eigenvalue weighted by Gasteiger charge is -2.00. The Hall–Kier alpha value is -1.01. The van der Waals surface area contributed by atoms with Gasteiger partial charge in [0.05, 0.1) is 11.3 Å². The Morgan fingerprint density at radius 1 is 1.64 bits per heavy atom. The van der Waals surface area contributed by atoms with Gasteiger partial charge in [-0.1, -0.05) is 0 Å². The lowest BCUT2D eigenvalue weighted by molar-refractivity contribution is 1.01. The Morgan fingerprint density at radius 3 is 2.73 bits per heavy atom. The van der Waals surface area contributed by atoms with Crippen LogP contribution < -0.4 is 0 Å². The lowest BCUT2D eigenvalue weighted by Crippen LogP contribution is -1.89. The highest BCUT2D eigenvalue weighted by molar-refractivity contribution is 7.80. The second-order valence-electron chi connectivity index (χ2n) is 2.26. The van der Waals surface area contributed by atoms with Gasteiger partial charge in [0.15, 0.2) is 0 Å². The minimum absolute atomic E-state index is 0.128. The van der Waals surface area contributed by atoms with Gasteiger partial charge in [-0.2, -0.15) is 17.9 Å². The first kappa shape index (κ1) is 8.09. The number of thiol groups is 1. The number of hydrogen-bond donors (Lipinski definition) is 1. The highest BCUT2D eigenvalue weighted by Crippen LogP contribution is 2.15. The van der Waals surface area contributed by atoms with Crippen molar-refractivity contribution < 1.29 is 0 Å². The van der Waals surface area contributed by atoms with Gasteiger partial charge in [0.2, 0.25) is 0 Å². The molecule has 1 atom stereocenters. The van der Waals surface area contributed by atoms with E-state index in [1.807, 2.05) is 19.1 Å². The van der Waals surface area contributed by atoms with E-state index in [0.717, 1.165) is 5.69 Å². The predicted molar refractivity (Wildman–Crippen MR) is 46.4 cm³/mol. The molecule has 0 N–H and O–H groups in total. The Labute approximate surface area is 71.3 Å². The van der Waals surface area contributed by atoms with Crippen LogP contribution in [0.3, 0.4) is 0 Å². The van der Waals surface area contributed by atoms with E-state index in [4.69, 9.17) is 5.26 Å². The molecule has 0 amide bonds.